The maximum absolute atomic E-state index is 10.7. The number of nitro benzene ring substituents is 1. The standard InChI is InChI=1S/C9H11N3O4/c1-16-8-3-2-6(5-11-9(10)13)4-7(8)12(14)15/h2-4H,5H2,1H3,(H3,10,11,13). The van der Waals surface area contributed by atoms with E-state index in [0.717, 1.165) is 0 Å². The molecule has 3 N–H and O–H groups in total. The number of hydrogen-bond donors (Lipinski definition) is 2. The van der Waals surface area contributed by atoms with Crippen LogP contribution in [0.1, 0.15) is 5.56 Å². The summed E-state index contributed by atoms with van der Waals surface area (Å²) in [6, 6.07) is 3.73. The van der Waals surface area contributed by atoms with Crippen molar-refractivity contribution in [1.82, 2.24) is 5.32 Å². The lowest BCUT2D eigenvalue weighted by molar-refractivity contribution is -0.385. The van der Waals surface area contributed by atoms with E-state index in [1.807, 2.05) is 0 Å². The lowest BCUT2D eigenvalue weighted by Gasteiger charge is -2.05. The summed E-state index contributed by atoms with van der Waals surface area (Å²) in [5.41, 5.74) is 5.31. The van der Waals surface area contributed by atoms with E-state index in [0.29, 0.717) is 5.56 Å². The molecule has 1 aromatic rings. The molecule has 0 bridgehead atoms. The number of urea groups is 1. The topological polar surface area (TPSA) is 107 Å². The van der Waals surface area contributed by atoms with Gasteiger partial charge in [0.1, 0.15) is 0 Å². The smallest absolute Gasteiger partial charge is 0.312 e. The van der Waals surface area contributed by atoms with Crippen molar-refractivity contribution in [3.8, 4) is 5.75 Å². The molecule has 0 saturated heterocycles. The van der Waals surface area contributed by atoms with Crippen LogP contribution < -0.4 is 15.8 Å². The Bertz CT molecular complexity index is 419. The predicted octanol–water partition coefficient (Wildman–Crippen LogP) is 0.772. The number of methoxy groups -OCH3 is 1. The number of rotatable bonds is 4. The summed E-state index contributed by atoms with van der Waals surface area (Å²) >= 11 is 0. The molecule has 0 atom stereocenters. The summed E-state index contributed by atoms with van der Waals surface area (Å²) in [6.07, 6.45) is 0. The first-order valence-corrected chi connectivity index (χ1v) is 4.39. The quantitative estimate of drug-likeness (QED) is 0.582. The third kappa shape index (κ3) is 2.84. The largest absolute Gasteiger partial charge is 0.490 e. The number of carbonyl (C=O) groups is 1. The second-order valence-electron chi connectivity index (χ2n) is 2.98. The number of nitrogens with zero attached hydrogens (tertiary/aromatic N) is 1. The van der Waals surface area contributed by atoms with Crippen LogP contribution in [0.2, 0.25) is 0 Å². The lowest BCUT2D eigenvalue weighted by atomic mass is 10.2. The second kappa shape index (κ2) is 4.96. The van der Waals surface area contributed by atoms with Gasteiger partial charge >= 0.3 is 11.7 Å². The van der Waals surface area contributed by atoms with Crippen molar-refractivity contribution in [2.75, 3.05) is 7.11 Å². The van der Waals surface area contributed by atoms with Crippen LogP contribution in [0.25, 0.3) is 0 Å². The highest BCUT2D eigenvalue weighted by molar-refractivity contribution is 5.71. The zero-order chi connectivity index (χ0) is 12.1. The van der Waals surface area contributed by atoms with Gasteiger partial charge in [-0.3, -0.25) is 10.1 Å². The third-order valence-electron chi connectivity index (χ3n) is 1.91. The predicted molar refractivity (Wildman–Crippen MR) is 56.1 cm³/mol. The highest BCUT2D eigenvalue weighted by Gasteiger charge is 2.14. The van der Waals surface area contributed by atoms with Gasteiger partial charge in [-0.05, 0) is 11.6 Å². The average molecular weight is 225 g/mol. The number of nitro groups is 1. The van der Waals surface area contributed by atoms with Crippen LogP contribution in [0.4, 0.5) is 10.5 Å². The minimum atomic E-state index is -0.682. The van der Waals surface area contributed by atoms with E-state index >= 15 is 0 Å². The number of benzene rings is 1. The molecule has 0 spiro atoms. The molecule has 2 amide bonds. The monoisotopic (exact) mass is 225 g/mol. The van der Waals surface area contributed by atoms with Gasteiger partial charge in [0.25, 0.3) is 0 Å². The molecule has 1 aromatic carbocycles. The molecule has 1 rings (SSSR count). The molecule has 0 saturated carbocycles. The molecule has 0 aliphatic rings. The summed E-state index contributed by atoms with van der Waals surface area (Å²) in [6.45, 7) is 0.139. The number of carbonyl (C=O) groups excluding carboxylic acids is 1. The minimum Gasteiger partial charge on any atom is -0.490 e. The van der Waals surface area contributed by atoms with E-state index < -0.39 is 11.0 Å². The number of primary amides is 1. The van der Waals surface area contributed by atoms with Gasteiger partial charge in [-0.2, -0.15) is 0 Å². The Labute approximate surface area is 91.3 Å². The Morgan fingerprint density at radius 3 is 2.81 bits per heavy atom. The summed E-state index contributed by atoms with van der Waals surface area (Å²) in [5.74, 6) is 0.174. The first-order chi connectivity index (χ1) is 7.54. The third-order valence-corrected chi connectivity index (χ3v) is 1.91. The minimum absolute atomic E-state index is 0.139. The highest BCUT2D eigenvalue weighted by Crippen LogP contribution is 2.27. The van der Waals surface area contributed by atoms with E-state index in [1.54, 1.807) is 6.07 Å². The number of amides is 2. The van der Waals surface area contributed by atoms with Crippen LogP contribution in [0, 0.1) is 10.1 Å². The first kappa shape index (κ1) is 11.8. The van der Waals surface area contributed by atoms with Crippen LogP contribution in [0.3, 0.4) is 0 Å². The molecule has 0 aliphatic carbocycles. The van der Waals surface area contributed by atoms with Crippen LogP contribution in [0.15, 0.2) is 18.2 Å². The maximum atomic E-state index is 10.7. The van der Waals surface area contributed by atoms with E-state index in [4.69, 9.17) is 10.5 Å². The average Bonchev–Trinajstić information content (AvgIpc) is 2.25. The van der Waals surface area contributed by atoms with Gasteiger partial charge in [0.2, 0.25) is 0 Å². The molecule has 0 aromatic heterocycles. The van der Waals surface area contributed by atoms with Gasteiger partial charge in [0.15, 0.2) is 5.75 Å². The lowest BCUT2D eigenvalue weighted by Crippen LogP contribution is -2.28. The summed E-state index contributed by atoms with van der Waals surface area (Å²) in [5, 5.41) is 13.0. The van der Waals surface area contributed by atoms with E-state index in [1.165, 1.54) is 19.2 Å². The molecule has 0 radical (unpaired) electrons. The Morgan fingerprint density at radius 2 is 2.31 bits per heavy atom. The van der Waals surface area contributed by atoms with Crippen molar-refractivity contribution in [2.24, 2.45) is 5.73 Å². The Morgan fingerprint density at radius 1 is 1.62 bits per heavy atom. The molecule has 7 nitrogen and oxygen atoms in total. The zero-order valence-electron chi connectivity index (χ0n) is 8.60. The van der Waals surface area contributed by atoms with Crippen molar-refractivity contribution >= 4 is 11.7 Å². The number of ether oxygens (including phenoxy) is 1. The Hall–Kier alpha value is -2.31. The van der Waals surface area contributed by atoms with Gasteiger partial charge in [0.05, 0.1) is 12.0 Å². The van der Waals surface area contributed by atoms with Crippen LogP contribution in [-0.4, -0.2) is 18.1 Å². The molecule has 0 aliphatic heterocycles. The van der Waals surface area contributed by atoms with Crippen LogP contribution in [0.5, 0.6) is 5.75 Å². The zero-order valence-corrected chi connectivity index (χ0v) is 8.60. The number of nitrogens with two attached hydrogens (primary N) is 1. The van der Waals surface area contributed by atoms with Crippen LogP contribution in [-0.2, 0) is 6.54 Å². The van der Waals surface area contributed by atoms with Gasteiger partial charge < -0.3 is 15.8 Å². The van der Waals surface area contributed by atoms with Crippen LogP contribution >= 0.6 is 0 Å². The van der Waals surface area contributed by atoms with Crippen molar-refractivity contribution in [3.05, 3.63) is 33.9 Å². The molecule has 0 unspecified atom stereocenters. The van der Waals surface area contributed by atoms with E-state index in [-0.39, 0.29) is 18.0 Å². The van der Waals surface area contributed by atoms with Gasteiger partial charge in [-0.1, -0.05) is 6.07 Å². The molecule has 16 heavy (non-hydrogen) atoms. The van der Waals surface area contributed by atoms with Crippen molar-refractivity contribution in [3.63, 3.8) is 0 Å². The van der Waals surface area contributed by atoms with Gasteiger partial charge in [-0.15, -0.1) is 0 Å². The van der Waals surface area contributed by atoms with Gasteiger partial charge in [-0.25, -0.2) is 4.79 Å². The summed E-state index contributed by atoms with van der Waals surface area (Å²) < 4.78 is 4.83. The Balaban J connectivity index is 2.93. The van der Waals surface area contributed by atoms with Crippen molar-refractivity contribution in [1.29, 1.82) is 0 Å². The fourth-order valence-electron chi connectivity index (χ4n) is 1.18. The molecule has 86 valence electrons. The fourth-order valence-corrected chi connectivity index (χ4v) is 1.18. The number of nitrogens with one attached hydrogen (secondary N) is 1. The van der Waals surface area contributed by atoms with E-state index in [2.05, 4.69) is 5.32 Å². The van der Waals surface area contributed by atoms with Crippen molar-refractivity contribution < 1.29 is 14.5 Å². The molecule has 0 heterocycles. The van der Waals surface area contributed by atoms with Crippen molar-refractivity contribution in [2.45, 2.75) is 6.54 Å². The highest BCUT2D eigenvalue weighted by atomic mass is 16.6. The maximum Gasteiger partial charge on any atom is 0.312 e. The molecule has 0 fully saturated rings. The normalized spacial score (nSPS) is 9.56. The molecular weight excluding hydrogens is 214 g/mol. The SMILES string of the molecule is COc1ccc(CNC(N)=O)cc1[N+](=O)[O-]. The summed E-state index contributed by atoms with van der Waals surface area (Å²) in [4.78, 5) is 20.6. The van der Waals surface area contributed by atoms with Gasteiger partial charge in [0, 0.05) is 12.6 Å². The fraction of sp³-hybridized carbons (Fsp3) is 0.222. The first-order valence-electron chi connectivity index (χ1n) is 4.39. The second-order valence-corrected chi connectivity index (χ2v) is 2.98. The molecule has 7 heteroatoms. The molecular formula is C9H11N3O4. The summed E-state index contributed by atoms with van der Waals surface area (Å²) in [7, 11) is 1.35. The Kier molecular flexibility index (Phi) is 3.65. The van der Waals surface area contributed by atoms with E-state index in [9.17, 15) is 14.9 Å². The number of hydrogen-bond acceptors (Lipinski definition) is 4.